The fourth-order valence-electron chi connectivity index (χ4n) is 2.96. The summed E-state index contributed by atoms with van der Waals surface area (Å²) in [4.78, 5) is 4.33. The topological polar surface area (TPSA) is 55.1 Å². The Hall–Kier alpha value is -2.89. The van der Waals surface area contributed by atoms with Gasteiger partial charge in [-0.05, 0) is 36.8 Å². The number of hydrogen-bond acceptors (Lipinski definition) is 4. The van der Waals surface area contributed by atoms with Crippen LogP contribution in [0.3, 0.4) is 0 Å². The number of aryl methyl sites for hydroxylation is 1. The molecule has 0 bridgehead atoms. The molecule has 2 aromatic heterocycles. The molecule has 0 aliphatic heterocycles. The van der Waals surface area contributed by atoms with Gasteiger partial charge in [0, 0.05) is 16.6 Å². The predicted molar refractivity (Wildman–Crippen MR) is 115 cm³/mol. The normalized spacial score (nSPS) is 11.4. The van der Waals surface area contributed by atoms with Gasteiger partial charge in [-0.15, -0.1) is 0 Å². The van der Waals surface area contributed by atoms with Gasteiger partial charge in [-0.25, -0.2) is 4.68 Å². The summed E-state index contributed by atoms with van der Waals surface area (Å²) >= 11 is 12.6. The number of nitrogens with zero attached hydrogens (tertiary/aromatic N) is 4. The highest BCUT2D eigenvalue weighted by atomic mass is 35.5. The lowest BCUT2D eigenvalue weighted by Gasteiger charge is -2.05. The number of fused-ring (bicyclic) bond motifs is 1. The Morgan fingerprint density at radius 3 is 2.75 bits per heavy atom. The Kier molecular flexibility index (Phi) is 5.28. The Morgan fingerprint density at radius 2 is 1.93 bits per heavy atom. The first-order chi connectivity index (χ1) is 13.6. The number of anilines is 1. The van der Waals surface area contributed by atoms with Gasteiger partial charge in [-0.1, -0.05) is 53.5 Å². The third-order valence-corrected chi connectivity index (χ3v) is 5.00. The van der Waals surface area contributed by atoms with Crippen LogP contribution < -0.4 is 5.43 Å². The molecule has 2 heterocycles. The second-order valence-corrected chi connectivity index (χ2v) is 7.12. The fourth-order valence-corrected chi connectivity index (χ4v) is 3.41. The Morgan fingerprint density at radius 1 is 1.11 bits per heavy atom. The summed E-state index contributed by atoms with van der Waals surface area (Å²) in [6, 6.07) is 17.5. The van der Waals surface area contributed by atoms with Crippen molar-refractivity contribution in [3.8, 4) is 0 Å². The largest absolute Gasteiger partial charge is 0.278 e. The van der Waals surface area contributed by atoms with E-state index in [1.807, 2.05) is 61.5 Å². The minimum absolute atomic E-state index is 0.554. The van der Waals surface area contributed by atoms with E-state index in [9.17, 15) is 0 Å². The summed E-state index contributed by atoms with van der Waals surface area (Å²) in [5.41, 5.74) is 7.44. The van der Waals surface area contributed by atoms with Gasteiger partial charge in [0.2, 0.25) is 0 Å². The number of hydrogen-bond donors (Lipinski definition) is 1. The minimum Gasteiger partial charge on any atom is -0.278 e. The van der Waals surface area contributed by atoms with Crippen molar-refractivity contribution in [1.29, 1.82) is 0 Å². The molecule has 2 aromatic carbocycles. The first-order valence-electron chi connectivity index (χ1n) is 8.72. The van der Waals surface area contributed by atoms with E-state index in [1.54, 1.807) is 17.1 Å². The minimum atomic E-state index is 0.554. The second kappa shape index (κ2) is 8.00. The number of pyridine rings is 1. The molecule has 4 rings (SSSR count). The monoisotopic (exact) mass is 409 g/mol. The van der Waals surface area contributed by atoms with Crippen LogP contribution in [0.1, 0.15) is 16.8 Å². The van der Waals surface area contributed by atoms with Crippen molar-refractivity contribution < 1.29 is 0 Å². The molecule has 0 amide bonds. The number of nitrogens with one attached hydrogen (secondary N) is 1. The molecule has 0 saturated carbocycles. The smallest absolute Gasteiger partial charge is 0.136 e. The van der Waals surface area contributed by atoms with Crippen molar-refractivity contribution in [2.24, 2.45) is 5.10 Å². The molecule has 5 nitrogen and oxygen atoms in total. The zero-order valence-electron chi connectivity index (χ0n) is 15.1. The van der Waals surface area contributed by atoms with Crippen LogP contribution in [0.25, 0.3) is 10.9 Å². The fraction of sp³-hybridized carbons (Fsp3) is 0.0952. The van der Waals surface area contributed by atoms with Crippen LogP contribution in [0, 0.1) is 6.92 Å². The SMILES string of the molecule is Cc1nn(Cc2ccccc2)c(Cl)c1/C=N/Nc1ccnc2cc(Cl)ccc12. The van der Waals surface area contributed by atoms with Crippen molar-refractivity contribution in [2.45, 2.75) is 13.5 Å². The van der Waals surface area contributed by atoms with Gasteiger partial charge in [0.05, 0.1) is 35.2 Å². The third kappa shape index (κ3) is 3.86. The van der Waals surface area contributed by atoms with Crippen LogP contribution in [0.4, 0.5) is 5.69 Å². The van der Waals surface area contributed by atoms with E-state index < -0.39 is 0 Å². The molecule has 0 atom stereocenters. The highest BCUT2D eigenvalue weighted by molar-refractivity contribution is 6.32. The van der Waals surface area contributed by atoms with Gasteiger partial charge < -0.3 is 0 Å². The summed E-state index contributed by atoms with van der Waals surface area (Å²) < 4.78 is 1.78. The number of rotatable bonds is 5. The van der Waals surface area contributed by atoms with Crippen molar-refractivity contribution >= 4 is 46.0 Å². The predicted octanol–water partition coefficient (Wildman–Crippen LogP) is 5.54. The first-order valence-corrected chi connectivity index (χ1v) is 9.47. The van der Waals surface area contributed by atoms with Gasteiger partial charge >= 0.3 is 0 Å². The summed E-state index contributed by atoms with van der Waals surface area (Å²) in [6.07, 6.45) is 3.40. The maximum atomic E-state index is 6.53. The zero-order valence-corrected chi connectivity index (χ0v) is 16.6. The molecule has 7 heteroatoms. The molecule has 0 radical (unpaired) electrons. The maximum absolute atomic E-state index is 6.53. The number of halogens is 2. The zero-order chi connectivity index (χ0) is 19.5. The Bertz CT molecular complexity index is 1150. The summed E-state index contributed by atoms with van der Waals surface area (Å²) in [5, 5.41) is 11.0. The van der Waals surface area contributed by atoms with Crippen LogP contribution in [-0.2, 0) is 6.54 Å². The van der Waals surface area contributed by atoms with Crippen LogP contribution in [0.2, 0.25) is 10.2 Å². The number of aromatic nitrogens is 3. The lowest BCUT2D eigenvalue weighted by molar-refractivity contribution is 0.680. The molecule has 140 valence electrons. The molecule has 0 aliphatic rings. The van der Waals surface area contributed by atoms with E-state index in [0.29, 0.717) is 16.7 Å². The van der Waals surface area contributed by atoms with Crippen molar-refractivity contribution in [3.63, 3.8) is 0 Å². The Labute approximate surface area is 172 Å². The molecular formula is C21H17Cl2N5. The van der Waals surface area contributed by atoms with Gasteiger partial charge in [0.25, 0.3) is 0 Å². The number of hydrazone groups is 1. The molecule has 1 N–H and O–H groups in total. The molecule has 0 saturated heterocycles. The quantitative estimate of drug-likeness (QED) is 0.347. The molecule has 0 spiro atoms. The lowest BCUT2D eigenvalue weighted by atomic mass is 10.2. The van der Waals surface area contributed by atoms with Crippen molar-refractivity contribution in [1.82, 2.24) is 14.8 Å². The molecule has 28 heavy (non-hydrogen) atoms. The van der Waals surface area contributed by atoms with E-state index in [-0.39, 0.29) is 0 Å². The summed E-state index contributed by atoms with van der Waals surface area (Å²) in [7, 11) is 0. The van der Waals surface area contributed by atoms with Gasteiger partial charge in [0.15, 0.2) is 0 Å². The first kappa shape index (κ1) is 18.5. The van der Waals surface area contributed by atoms with Crippen molar-refractivity contribution in [3.05, 3.63) is 87.8 Å². The average Bonchev–Trinajstić information content (AvgIpc) is 2.96. The van der Waals surface area contributed by atoms with Crippen LogP contribution in [-0.4, -0.2) is 21.0 Å². The maximum Gasteiger partial charge on any atom is 0.136 e. The van der Waals surface area contributed by atoms with Crippen LogP contribution >= 0.6 is 23.2 Å². The average molecular weight is 410 g/mol. The van der Waals surface area contributed by atoms with E-state index in [4.69, 9.17) is 23.2 Å². The third-order valence-electron chi connectivity index (χ3n) is 4.37. The van der Waals surface area contributed by atoms with Crippen LogP contribution in [0.15, 0.2) is 65.9 Å². The second-order valence-electron chi connectivity index (χ2n) is 6.32. The van der Waals surface area contributed by atoms with Crippen LogP contribution in [0.5, 0.6) is 0 Å². The van der Waals surface area contributed by atoms with Gasteiger partial charge in [-0.3, -0.25) is 10.4 Å². The van der Waals surface area contributed by atoms with E-state index in [2.05, 4.69) is 20.6 Å². The Balaban J connectivity index is 1.56. The molecule has 4 aromatic rings. The summed E-state index contributed by atoms with van der Waals surface area (Å²) in [5.74, 6) is 0. The van der Waals surface area contributed by atoms with Gasteiger partial charge in [0.1, 0.15) is 5.15 Å². The van der Waals surface area contributed by atoms with E-state index in [1.165, 1.54) is 0 Å². The van der Waals surface area contributed by atoms with Gasteiger partial charge in [-0.2, -0.15) is 10.2 Å². The molecular weight excluding hydrogens is 393 g/mol. The molecule has 0 unspecified atom stereocenters. The van der Waals surface area contributed by atoms with Crippen molar-refractivity contribution in [2.75, 3.05) is 5.43 Å². The summed E-state index contributed by atoms with van der Waals surface area (Å²) in [6.45, 7) is 2.52. The lowest BCUT2D eigenvalue weighted by Crippen LogP contribution is -2.01. The standard InChI is InChI=1S/C21H17Cl2N5/c1-14-18(21(23)28(27-14)13-15-5-3-2-4-6-15)12-25-26-19-9-10-24-20-11-16(22)7-8-17(19)20/h2-12H,13H2,1H3,(H,24,26)/b25-12+. The highest BCUT2D eigenvalue weighted by Crippen LogP contribution is 2.24. The molecule has 0 aliphatic carbocycles. The highest BCUT2D eigenvalue weighted by Gasteiger charge is 2.12. The number of benzene rings is 2. The molecule has 0 fully saturated rings. The van der Waals surface area contributed by atoms with E-state index >= 15 is 0 Å². The van der Waals surface area contributed by atoms with E-state index in [0.717, 1.165) is 33.4 Å².